The number of hydrogen-bond donors (Lipinski definition) is 1. The van der Waals surface area contributed by atoms with Crippen LogP contribution >= 0.6 is 23.2 Å². The molecule has 5 rings (SSSR count). The molecular weight excluding hydrogens is 600 g/mol. The van der Waals surface area contributed by atoms with Crippen LogP contribution in [0.15, 0.2) is 56.8 Å². The lowest BCUT2D eigenvalue weighted by Crippen LogP contribution is -2.44. The normalized spacial score (nSPS) is 15.5. The number of ether oxygens (including phenoxy) is 2. The number of allylic oxidation sites excluding steroid dienone is 1. The lowest BCUT2D eigenvalue weighted by Gasteiger charge is -2.35. The molecular formula is C26H24Cl2FN5O6S. The Morgan fingerprint density at radius 3 is 2.78 bits per heavy atom. The summed E-state index contributed by atoms with van der Waals surface area (Å²) in [5, 5.41) is 7.62. The molecule has 0 fully saturated rings. The molecule has 0 saturated carbocycles. The van der Waals surface area contributed by atoms with Crippen molar-refractivity contribution in [2.45, 2.75) is 37.8 Å². The maximum Gasteiger partial charge on any atom is 0.441 e. The average Bonchev–Trinajstić information content (AvgIpc) is 3.53. The topological polar surface area (TPSA) is 133 Å². The molecule has 0 spiro atoms. The van der Waals surface area contributed by atoms with E-state index in [4.69, 9.17) is 32.7 Å². The van der Waals surface area contributed by atoms with Crippen LogP contribution in [0.3, 0.4) is 0 Å². The number of aromatic amines is 1. The molecule has 0 aliphatic carbocycles. The molecule has 2 aromatic heterocycles. The molecule has 1 atom stereocenters. The predicted octanol–water partition coefficient (Wildman–Crippen LogP) is 5.01. The number of nitrogens with zero attached hydrogens (tertiary/aromatic N) is 4. The van der Waals surface area contributed by atoms with Crippen molar-refractivity contribution in [1.29, 1.82) is 0 Å². The van der Waals surface area contributed by atoms with E-state index in [2.05, 4.69) is 19.8 Å². The van der Waals surface area contributed by atoms with Crippen LogP contribution in [0.5, 0.6) is 11.8 Å². The smallest absolute Gasteiger partial charge is 0.441 e. The number of nitrogens with one attached hydrogen (secondary N) is 1. The number of aromatic nitrogens is 4. The zero-order valence-corrected chi connectivity index (χ0v) is 24.1. The van der Waals surface area contributed by atoms with E-state index >= 15 is 0 Å². The van der Waals surface area contributed by atoms with Gasteiger partial charge in [0.05, 0.1) is 23.9 Å². The van der Waals surface area contributed by atoms with Crippen LogP contribution in [-0.2, 0) is 16.6 Å². The summed E-state index contributed by atoms with van der Waals surface area (Å²) < 4.78 is 61.0. The average molecular weight is 624 g/mol. The van der Waals surface area contributed by atoms with Crippen molar-refractivity contribution in [2.24, 2.45) is 0 Å². The van der Waals surface area contributed by atoms with Crippen molar-refractivity contribution in [3.05, 3.63) is 80.3 Å². The first-order valence-electron chi connectivity index (χ1n) is 12.4. The van der Waals surface area contributed by atoms with E-state index in [9.17, 15) is 17.6 Å². The van der Waals surface area contributed by atoms with Crippen molar-refractivity contribution in [3.8, 4) is 11.8 Å². The van der Waals surface area contributed by atoms with E-state index < -0.39 is 27.7 Å². The van der Waals surface area contributed by atoms with Gasteiger partial charge in [-0.25, -0.2) is 22.6 Å². The second-order valence-corrected chi connectivity index (χ2v) is 11.7. The van der Waals surface area contributed by atoms with Crippen LogP contribution in [0, 0.1) is 5.82 Å². The number of aryl methyl sites for hydroxylation is 1. The molecule has 41 heavy (non-hydrogen) atoms. The molecule has 11 nitrogen and oxygen atoms in total. The number of sulfonamides is 1. The highest BCUT2D eigenvalue weighted by Gasteiger charge is 2.37. The number of rotatable bonds is 9. The van der Waals surface area contributed by atoms with Gasteiger partial charge in [0.25, 0.3) is 10.0 Å². The zero-order chi connectivity index (χ0) is 29.3. The van der Waals surface area contributed by atoms with Gasteiger partial charge in [-0.15, -0.1) is 0 Å². The molecule has 0 saturated heterocycles. The summed E-state index contributed by atoms with van der Waals surface area (Å²) in [5.74, 6) is -0.932. The minimum absolute atomic E-state index is 0.0499. The second kappa shape index (κ2) is 11.6. The van der Waals surface area contributed by atoms with E-state index in [1.807, 2.05) is 6.92 Å². The van der Waals surface area contributed by atoms with Gasteiger partial charge in [-0.2, -0.15) is 5.10 Å². The van der Waals surface area contributed by atoms with Gasteiger partial charge in [-0.1, -0.05) is 41.4 Å². The maximum atomic E-state index is 14.5. The number of benzene rings is 2. The highest BCUT2D eigenvalue weighted by atomic mass is 35.5. The van der Waals surface area contributed by atoms with Crippen molar-refractivity contribution in [2.75, 3.05) is 17.5 Å². The van der Waals surface area contributed by atoms with Gasteiger partial charge < -0.3 is 9.47 Å². The lowest BCUT2D eigenvalue weighted by atomic mass is 10.0. The van der Waals surface area contributed by atoms with E-state index in [0.717, 1.165) is 0 Å². The first-order valence-corrected chi connectivity index (χ1v) is 14.6. The fourth-order valence-corrected chi connectivity index (χ4v) is 6.65. The minimum atomic E-state index is -4.19. The first-order chi connectivity index (χ1) is 19.6. The van der Waals surface area contributed by atoms with Gasteiger partial charge >= 0.3 is 11.8 Å². The summed E-state index contributed by atoms with van der Waals surface area (Å²) in [6, 6.07) is 9.33. The molecule has 15 heteroatoms. The molecule has 1 aliphatic rings. The lowest BCUT2D eigenvalue weighted by molar-refractivity contribution is 0.155. The van der Waals surface area contributed by atoms with Gasteiger partial charge in [-0.05, 0) is 54.4 Å². The molecule has 0 unspecified atom stereocenters. The van der Waals surface area contributed by atoms with Crippen molar-refractivity contribution >= 4 is 50.6 Å². The Morgan fingerprint density at radius 2 is 2.10 bits per heavy atom. The Labute approximate surface area is 244 Å². The number of H-pyrrole nitrogens is 1. The van der Waals surface area contributed by atoms with Gasteiger partial charge in [0.15, 0.2) is 5.15 Å². The second-order valence-electron chi connectivity index (χ2n) is 9.10. The molecule has 216 valence electrons. The van der Waals surface area contributed by atoms with Gasteiger partial charge in [0, 0.05) is 24.7 Å². The molecule has 0 radical (unpaired) electrons. The van der Waals surface area contributed by atoms with E-state index in [1.165, 1.54) is 27.3 Å². The minimum Gasteiger partial charge on any atom is -0.486 e. The Kier molecular flexibility index (Phi) is 8.11. The van der Waals surface area contributed by atoms with Crippen LogP contribution in [-0.4, -0.2) is 47.6 Å². The summed E-state index contributed by atoms with van der Waals surface area (Å²) in [6.07, 6.45) is 2.70. The summed E-state index contributed by atoms with van der Waals surface area (Å²) in [4.78, 5) is 13.3. The summed E-state index contributed by atoms with van der Waals surface area (Å²) >= 11 is 12.5. The summed E-state index contributed by atoms with van der Waals surface area (Å²) in [6.45, 7) is 3.92. The molecule has 1 aliphatic heterocycles. The first kappa shape index (κ1) is 28.7. The van der Waals surface area contributed by atoms with Crippen molar-refractivity contribution in [3.63, 3.8) is 0 Å². The summed E-state index contributed by atoms with van der Waals surface area (Å²) in [5.41, 5.74) is 1.66. The predicted molar refractivity (Wildman–Crippen MR) is 150 cm³/mol. The van der Waals surface area contributed by atoms with Crippen LogP contribution in [0.4, 0.5) is 10.1 Å². The molecule has 3 heterocycles. The number of fused-ring (bicyclic) bond motifs is 1. The highest BCUT2D eigenvalue weighted by Crippen LogP contribution is 2.40. The van der Waals surface area contributed by atoms with Crippen molar-refractivity contribution < 1.29 is 26.8 Å². The van der Waals surface area contributed by atoms with E-state index in [0.29, 0.717) is 23.4 Å². The number of hydrogen-bond acceptors (Lipinski definition) is 8. The number of halogens is 3. The number of anilines is 1. The van der Waals surface area contributed by atoms with Gasteiger partial charge in [-0.3, -0.25) is 13.5 Å². The standard InChI is InChI=1S/C26H24Cl2FN5O6S/c1-3-33-14-22(24(28)31-33)41(36,37)34-13-17(9-10-38-25-30-26(35)40-32-25)39-21-8-7-16(12-20(21)34)11-15(2)23-18(27)5-4-6-19(23)29/h4-8,11-12,14,17H,3,9-10,13H2,1-2H3,(H,30,32,35)/b15-11+/t17-/m0/s1. The molecule has 4 aromatic rings. The quantitative estimate of drug-likeness (QED) is 0.257. The zero-order valence-electron chi connectivity index (χ0n) is 21.8. The Balaban J connectivity index is 1.50. The Hall–Kier alpha value is -3.81. The Morgan fingerprint density at radius 1 is 1.29 bits per heavy atom. The molecule has 1 N–H and O–H groups in total. The molecule has 0 amide bonds. The van der Waals surface area contributed by atoms with E-state index in [1.54, 1.807) is 37.3 Å². The fourth-order valence-electron chi connectivity index (χ4n) is 4.39. The van der Waals surface area contributed by atoms with Gasteiger partial charge in [0.1, 0.15) is 22.6 Å². The van der Waals surface area contributed by atoms with Crippen molar-refractivity contribution in [1.82, 2.24) is 19.9 Å². The van der Waals surface area contributed by atoms with Crippen LogP contribution in [0.1, 0.15) is 31.4 Å². The van der Waals surface area contributed by atoms with Crippen LogP contribution < -0.4 is 19.5 Å². The Bertz CT molecular complexity index is 1760. The third-order valence-corrected chi connectivity index (χ3v) is 8.82. The SMILES string of the molecule is CCn1cc(S(=O)(=O)N2C[C@H](CCOc3noc(=O)[nH]3)Oc3ccc(/C=C(\C)c4c(F)cccc4Cl)cc32)c(Cl)n1. The largest absolute Gasteiger partial charge is 0.486 e. The fraction of sp³-hybridized carbons (Fsp3) is 0.269. The summed E-state index contributed by atoms with van der Waals surface area (Å²) in [7, 11) is -4.19. The van der Waals surface area contributed by atoms with E-state index in [-0.39, 0.29) is 51.9 Å². The van der Waals surface area contributed by atoms with Crippen LogP contribution in [0.2, 0.25) is 10.2 Å². The third-order valence-electron chi connectivity index (χ3n) is 6.33. The van der Waals surface area contributed by atoms with Gasteiger partial charge in [0.2, 0.25) is 0 Å². The monoisotopic (exact) mass is 623 g/mol. The van der Waals surface area contributed by atoms with Crippen LogP contribution in [0.25, 0.3) is 11.6 Å². The maximum absolute atomic E-state index is 14.5. The highest BCUT2D eigenvalue weighted by molar-refractivity contribution is 7.93. The third kappa shape index (κ3) is 5.97. The molecule has 0 bridgehead atoms. The molecule has 2 aromatic carbocycles.